The summed E-state index contributed by atoms with van der Waals surface area (Å²) in [6, 6.07) is 16.2. The molecular weight excluding hydrogens is 346 g/mol. The van der Waals surface area contributed by atoms with Crippen LogP contribution in [0.5, 0.6) is 0 Å². The third kappa shape index (κ3) is 4.08. The number of carbonyl (C=O) groups is 3. The highest BCUT2D eigenvalue weighted by atomic mass is 16.5. The lowest BCUT2D eigenvalue weighted by atomic mass is 10.1. The number of para-hydroxylation sites is 1. The van der Waals surface area contributed by atoms with Gasteiger partial charge in [-0.2, -0.15) is 0 Å². The first-order chi connectivity index (χ1) is 13.0. The summed E-state index contributed by atoms with van der Waals surface area (Å²) in [5.41, 5.74) is 2.05. The van der Waals surface area contributed by atoms with Gasteiger partial charge in [0.15, 0.2) is 0 Å². The van der Waals surface area contributed by atoms with Crippen LogP contribution in [0.2, 0.25) is 0 Å². The van der Waals surface area contributed by atoms with Crippen LogP contribution in [0, 0.1) is 5.92 Å². The highest BCUT2D eigenvalue weighted by molar-refractivity contribution is 6.03. The van der Waals surface area contributed by atoms with Gasteiger partial charge in [-0.15, -0.1) is 0 Å². The molecule has 0 aliphatic carbocycles. The minimum atomic E-state index is -0.475. The van der Waals surface area contributed by atoms with Crippen molar-refractivity contribution in [1.82, 2.24) is 0 Å². The monoisotopic (exact) mass is 367 g/mol. The van der Waals surface area contributed by atoms with E-state index in [4.69, 9.17) is 0 Å². The van der Waals surface area contributed by atoms with Gasteiger partial charge in [0, 0.05) is 37.1 Å². The lowest BCUT2D eigenvalue weighted by Crippen LogP contribution is -2.28. The molecule has 0 saturated carbocycles. The summed E-state index contributed by atoms with van der Waals surface area (Å²) >= 11 is 0. The van der Waals surface area contributed by atoms with Crippen LogP contribution >= 0.6 is 0 Å². The minimum absolute atomic E-state index is 0.0589. The van der Waals surface area contributed by atoms with Gasteiger partial charge in [-0.3, -0.25) is 14.5 Å². The highest BCUT2D eigenvalue weighted by Gasteiger charge is 2.35. The molecule has 0 radical (unpaired) electrons. The average Bonchev–Trinajstić information content (AvgIpc) is 3.10. The van der Waals surface area contributed by atoms with Gasteiger partial charge in [0.2, 0.25) is 11.8 Å². The van der Waals surface area contributed by atoms with E-state index in [-0.39, 0.29) is 18.2 Å². The van der Waals surface area contributed by atoms with Crippen molar-refractivity contribution in [2.24, 2.45) is 5.92 Å². The first-order valence-corrected chi connectivity index (χ1v) is 8.57. The van der Waals surface area contributed by atoms with Crippen molar-refractivity contribution in [2.45, 2.75) is 6.42 Å². The molecule has 0 bridgehead atoms. The predicted molar refractivity (Wildman–Crippen MR) is 103 cm³/mol. The summed E-state index contributed by atoms with van der Waals surface area (Å²) < 4.78 is 4.67. The van der Waals surface area contributed by atoms with Crippen molar-refractivity contribution in [1.29, 1.82) is 0 Å². The van der Waals surface area contributed by atoms with Crippen molar-refractivity contribution >= 4 is 35.0 Å². The molecule has 7 nitrogen and oxygen atoms in total. The van der Waals surface area contributed by atoms with Crippen LogP contribution in [0.15, 0.2) is 54.6 Å². The Balaban J connectivity index is 1.62. The number of nitrogens with zero attached hydrogens (tertiary/aromatic N) is 2. The van der Waals surface area contributed by atoms with E-state index in [9.17, 15) is 14.4 Å². The molecule has 3 rings (SSSR count). The molecule has 0 aromatic heterocycles. The van der Waals surface area contributed by atoms with Crippen LogP contribution in [-0.2, 0) is 14.3 Å². The molecule has 2 aromatic carbocycles. The van der Waals surface area contributed by atoms with Crippen molar-refractivity contribution < 1.29 is 19.1 Å². The van der Waals surface area contributed by atoms with E-state index >= 15 is 0 Å². The maximum Gasteiger partial charge on any atom is 0.413 e. The maximum atomic E-state index is 12.5. The molecule has 7 heteroatoms. The molecule has 0 spiro atoms. The quantitative estimate of drug-likeness (QED) is 0.901. The van der Waals surface area contributed by atoms with Crippen molar-refractivity contribution in [3.8, 4) is 0 Å². The Morgan fingerprint density at radius 2 is 1.78 bits per heavy atom. The Kier molecular flexibility index (Phi) is 5.40. The number of carbonyl (C=O) groups excluding carboxylic acids is 3. The minimum Gasteiger partial charge on any atom is -0.452 e. The molecule has 1 aliphatic rings. The summed E-state index contributed by atoms with van der Waals surface area (Å²) in [7, 11) is 2.91. The maximum absolute atomic E-state index is 12.5. The molecule has 1 aliphatic heterocycles. The molecular formula is C20H21N3O4. The van der Waals surface area contributed by atoms with Gasteiger partial charge in [-0.1, -0.05) is 18.2 Å². The van der Waals surface area contributed by atoms with Gasteiger partial charge >= 0.3 is 6.09 Å². The molecule has 1 atom stereocenters. The number of benzene rings is 2. The zero-order chi connectivity index (χ0) is 19.4. The van der Waals surface area contributed by atoms with Gasteiger partial charge < -0.3 is 15.0 Å². The molecule has 0 unspecified atom stereocenters. The highest BCUT2D eigenvalue weighted by Crippen LogP contribution is 2.26. The van der Waals surface area contributed by atoms with E-state index in [0.717, 1.165) is 5.69 Å². The van der Waals surface area contributed by atoms with Gasteiger partial charge in [0.05, 0.1) is 13.0 Å². The molecule has 1 heterocycles. The Hall–Kier alpha value is -3.35. The SMILES string of the molecule is COC(=O)N(C)c1ccc(NC(=O)[C@H]2CC(=O)N(c3ccccc3)C2)cc1. The summed E-state index contributed by atoms with van der Waals surface area (Å²) in [6.45, 7) is 0.359. The topological polar surface area (TPSA) is 79.0 Å². The van der Waals surface area contributed by atoms with E-state index in [1.165, 1.54) is 12.0 Å². The number of ether oxygens (including phenoxy) is 1. The Labute approximate surface area is 157 Å². The predicted octanol–water partition coefficient (Wildman–Crippen LogP) is 2.88. The number of nitrogens with one attached hydrogen (secondary N) is 1. The molecule has 1 fully saturated rings. The lowest BCUT2D eigenvalue weighted by molar-refractivity contribution is -0.122. The fourth-order valence-corrected chi connectivity index (χ4v) is 3.00. The number of hydrogen-bond donors (Lipinski definition) is 1. The third-order valence-electron chi connectivity index (χ3n) is 4.53. The van der Waals surface area contributed by atoms with Crippen LogP contribution in [0.25, 0.3) is 0 Å². The molecule has 1 saturated heterocycles. The molecule has 1 N–H and O–H groups in total. The van der Waals surface area contributed by atoms with Crippen molar-refractivity contribution in [3.63, 3.8) is 0 Å². The van der Waals surface area contributed by atoms with Gasteiger partial charge in [-0.05, 0) is 36.4 Å². The van der Waals surface area contributed by atoms with E-state index in [1.54, 1.807) is 36.2 Å². The number of rotatable bonds is 4. The number of methoxy groups -OCH3 is 1. The summed E-state index contributed by atoms with van der Waals surface area (Å²) in [5, 5.41) is 2.83. The summed E-state index contributed by atoms with van der Waals surface area (Å²) in [6.07, 6.45) is -0.290. The largest absolute Gasteiger partial charge is 0.452 e. The van der Waals surface area contributed by atoms with Crippen LogP contribution in [0.3, 0.4) is 0 Å². The zero-order valence-electron chi connectivity index (χ0n) is 15.2. The van der Waals surface area contributed by atoms with E-state index in [2.05, 4.69) is 10.1 Å². The van der Waals surface area contributed by atoms with E-state index < -0.39 is 12.0 Å². The molecule has 140 valence electrons. The first kappa shape index (κ1) is 18.4. The average molecular weight is 367 g/mol. The second kappa shape index (κ2) is 7.90. The Morgan fingerprint density at radius 3 is 2.41 bits per heavy atom. The summed E-state index contributed by atoms with van der Waals surface area (Å²) in [4.78, 5) is 39.3. The Bertz CT molecular complexity index is 836. The zero-order valence-corrected chi connectivity index (χ0v) is 15.2. The second-order valence-electron chi connectivity index (χ2n) is 6.31. The normalized spacial score (nSPS) is 16.1. The van der Waals surface area contributed by atoms with Crippen LogP contribution in [0.4, 0.5) is 21.9 Å². The lowest BCUT2D eigenvalue weighted by Gasteiger charge is -2.17. The first-order valence-electron chi connectivity index (χ1n) is 8.57. The third-order valence-corrected chi connectivity index (χ3v) is 4.53. The van der Waals surface area contributed by atoms with Gasteiger partial charge in [0.1, 0.15) is 0 Å². The van der Waals surface area contributed by atoms with E-state index in [0.29, 0.717) is 17.9 Å². The van der Waals surface area contributed by atoms with Gasteiger partial charge in [-0.25, -0.2) is 4.79 Å². The van der Waals surface area contributed by atoms with E-state index in [1.807, 2.05) is 30.3 Å². The number of hydrogen-bond acceptors (Lipinski definition) is 4. The van der Waals surface area contributed by atoms with Gasteiger partial charge in [0.25, 0.3) is 0 Å². The van der Waals surface area contributed by atoms with Crippen LogP contribution in [0.1, 0.15) is 6.42 Å². The molecule has 3 amide bonds. The summed E-state index contributed by atoms with van der Waals surface area (Å²) in [5.74, 6) is -0.664. The molecule has 2 aromatic rings. The van der Waals surface area contributed by atoms with Crippen molar-refractivity contribution in [2.75, 3.05) is 35.8 Å². The van der Waals surface area contributed by atoms with Crippen molar-refractivity contribution in [3.05, 3.63) is 54.6 Å². The number of anilines is 3. The molecule has 27 heavy (non-hydrogen) atoms. The fourth-order valence-electron chi connectivity index (χ4n) is 3.00. The Morgan fingerprint density at radius 1 is 1.11 bits per heavy atom. The van der Waals surface area contributed by atoms with Crippen LogP contribution in [-0.4, -0.2) is 38.6 Å². The fraction of sp³-hybridized carbons (Fsp3) is 0.250. The smallest absolute Gasteiger partial charge is 0.413 e. The number of amides is 3. The standard InChI is InChI=1S/C20H21N3O4/c1-22(20(26)27-2)16-10-8-15(9-11-16)21-19(25)14-12-18(24)23(13-14)17-6-4-3-5-7-17/h3-11,14H,12-13H2,1-2H3,(H,21,25)/t14-/m0/s1. The second-order valence-corrected chi connectivity index (χ2v) is 6.31. The van der Waals surface area contributed by atoms with Crippen LogP contribution < -0.4 is 15.1 Å².